The van der Waals surface area contributed by atoms with E-state index in [-0.39, 0.29) is 23.9 Å². The van der Waals surface area contributed by atoms with Gasteiger partial charge in [0.05, 0.1) is 5.02 Å². The maximum absolute atomic E-state index is 14.2. The maximum Gasteiger partial charge on any atom is 0.266 e. The number of hydrogen-bond donors (Lipinski definition) is 1. The van der Waals surface area contributed by atoms with Crippen LogP contribution >= 0.6 is 22.9 Å². The van der Waals surface area contributed by atoms with Gasteiger partial charge in [0.25, 0.3) is 11.8 Å². The normalized spacial score (nSPS) is 16.7. The van der Waals surface area contributed by atoms with E-state index in [1.807, 2.05) is 78.6 Å². The molecule has 0 aliphatic heterocycles. The molecule has 42 heavy (non-hydrogen) atoms. The number of carbonyl (C=O) groups excluding carboxylic acids is 2. The Bertz CT molecular complexity index is 1710. The summed E-state index contributed by atoms with van der Waals surface area (Å²) in [5.74, 6) is -0.0842. The van der Waals surface area contributed by atoms with Crippen LogP contribution in [0, 0.1) is 6.92 Å². The number of aryl methyl sites for hydroxylation is 1. The second kappa shape index (κ2) is 12.5. The number of hydrogen-bond acceptors (Lipinski definition) is 4. The minimum Gasteiger partial charge on any atom is -0.349 e. The summed E-state index contributed by atoms with van der Waals surface area (Å²) < 4.78 is 1.01. The molecule has 2 amide bonds. The number of carbonyl (C=O) groups is 2. The maximum atomic E-state index is 14.2. The number of halogens is 1. The number of nitrogens with zero attached hydrogens (tertiary/aromatic N) is 2. The first-order chi connectivity index (χ1) is 20.5. The van der Waals surface area contributed by atoms with Crippen LogP contribution in [0.3, 0.4) is 0 Å². The second-order valence-corrected chi connectivity index (χ2v) is 12.4. The molecule has 5 nitrogen and oxygen atoms in total. The van der Waals surface area contributed by atoms with Gasteiger partial charge in [-0.15, -0.1) is 11.3 Å². The molecule has 2 heterocycles. The molecule has 7 heteroatoms. The van der Waals surface area contributed by atoms with Gasteiger partial charge in [0.1, 0.15) is 4.88 Å². The van der Waals surface area contributed by atoms with Gasteiger partial charge in [0.15, 0.2) is 0 Å². The molecule has 1 aliphatic carbocycles. The zero-order valence-electron chi connectivity index (χ0n) is 23.4. The SMILES string of the molecule is Cc1ccc(C(=O)NC2CCC(N(Cc3cccc(-c4ccncc4)c3)C(=O)c3sc4ccccc4c3Cl)CC2)cc1. The fraction of sp³-hybridized carbons (Fsp3) is 0.229. The molecule has 6 rings (SSSR count). The van der Waals surface area contributed by atoms with E-state index < -0.39 is 0 Å². The van der Waals surface area contributed by atoms with Gasteiger partial charge in [-0.05, 0) is 85.7 Å². The van der Waals surface area contributed by atoms with Crippen molar-refractivity contribution in [3.8, 4) is 11.1 Å². The quantitative estimate of drug-likeness (QED) is 0.206. The molecule has 3 aromatic carbocycles. The van der Waals surface area contributed by atoms with Gasteiger partial charge in [-0.1, -0.05) is 65.7 Å². The largest absolute Gasteiger partial charge is 0.349 e. The fourth-order valence-electron chi connectivity index (χ4n) is 5.74. The van der Waals surface area contributed by atoms with Crippen molar-refractivity contribution in [3.63, 3.8) is 0 Å². The summed E-state index contributed by atoms with van der Waals surface area (Å²) in [6.45, 7) is 2.49. The lowest BCUT2D eigenvalue weighted by Crippen LogP contribution is -2.45. The van der Waals surface area contributed by atoms with Crippen molar-refractivity contribution in [2.45, 2.75) is 51.2 Å². The second-order valence-electron chi connectivity index (χ2n) is 11.0. The average Bonchev–Trinajstić information content (AvgIpc) is 3.37. The van der Waals surface area contributed by atoms with Crippen molar-refractivity contribution in [2.24, 2.45) is 0 Å². The molecule has 0 unspecified atom stereocenters. The zero-order valence-corrected chi connectivity index (χ0v) is 25.0. The van der Waals surface area contributed by atoms with Gasteiger partial charge in [-0.3, -0.25) is 14.6 Å². The highest BCUT2D eigenvalue weighted by atomic mass is 35.5. The predicted octanol–water partition coefficient (Wildman–Crippen LogP) is 8.31. The third-order valence-corrected chi connectivity index (χ3v) is 9.73. The Kier molecular flexibility index (Phi) is 8.36. The minimum absolute atomic E-state index is 0.0379. The Morgan fingerprint density at radius 2 is 1.64 bits per heavy atom. The van der Waals surface area contributed by atoms with E-state index >= 15 is 0 Å². The van der Waals surface area contributed by atoms with Crippen molar-refractivity contribution >= 4 is 44.8 Å². The van der Waals surface area contributed by atoms with Crippen LogP contribution in [0.2, 0.25) is 5.02 Å². The molecule has 0 radical (unpaired) electrons. The van der Waals surface area contributed by atoms with Crippen LogP contribution < -0.4 is 5.32 Å². The molecular weight excluding hydrogens is 562 g/mol. The fourth-order valence-corrected chi connectivity index (χ4v) is 7.21. The molecule has 1 saturated carbocycles. The Morgan fingerprint density at radius 3 is 2.38 bits per heavy atom. The van der Waals surface area contributed by atoms with E-state index in [0.717, 1.165) is 58.0 Å². The van der Waals surface area contributed by atoms with Crippen LogP contribution in [0.25, 0.3) is 21.2 Å². The lowest BCUT2D eigenvalue weighted by atomic mass is 9.89. The highest BCUT2D eigenvalue weighted by Crippen LogP contribution is 2.37. The first-order valence-corrected chi connectivity index (χ1v) is 15.5. The molecular formula is C35H32ClN3O2S. The summed E-state index contributed by atoms with van der Waals surface area (Å²) in [7, 11) is 0. The van der Waals surface area contributed by atoms with Crippen LogP contribution in [-0.2, 0) is 6.54 Å². The molecule has 1 N–H and O–H groups in total. The van der Waals surface area contributed by atoms with Crippen molar-refractivity contribution in [3.05, 3.63) is 124 Å². The van der Waals surface area contributed by atoms with E-state index in [0.29, 0.717) is 22.0 Å². The van der Waals surface area contributed by atoms with Gasteiger partial charge in [0, 0.05) is 46.7 Å². The van der Waals surface area contributed by atoms with E-state index in [1.54, 1.807) is 12.4 Å². The first-order valence-electron chi connectivity index (χ1n) is 14.3. The Morgan fingerprint density at radius 1 is 0.905 bits per heavy atom. The molecule has 0 saturated heterocycles. The summed E-state index contributed by atoms with van der Waals surface area (Å²) >= 11 is 8.26. The van der Waals surface area contributed by atoms with Crippen molar-refractivity contribution in [1.82, 2.24) is 15.2 Å². The summed E-state index contributed by atoms with van der Waals surface area (Å²) in [5, 5.41) is 4.65. The molecule has 1 aliphatic rings. The van der Waals surface area contributed by atoms with Gasteiger partial charge >= 0.3 is 0 Å². The third kappa shape index (κ3) is 6.10. The highest BCUT2D eigenvalue weighted by molar-refractivity contribution is 7.21. The number of rotatable bonds is 7. The summed E-state index contributed by atoms with van der Waals surface area (Å²) in [6, 6.07) is 28.0. The van der Waals surface area contributed by atoms with E-state index in [2.05, 4.69) is 28.5 Å². The van der Waals surface area contributed by atoms with Gasteiger partial charge in [-0.2, -0.15) is 0 Å². The van der Waals surface area contributed by atoms with Crippen molar-refractivity contribution < 1.29 is 9.59 Å². The molecule has 0 atom stereocenters. The number of nitrogens with one attached hydrogen (secondary N) is 1. The number of amides is 2. The van der Waals surface area contributed by atoms with Gasteiger partial charge in [0.2, 0.25) is 0 Å². The standard InChI is InChI=1S/C35H32ClN3O2S/c1-23-9-11-26(12-10-23)34(40)38-28-13-15-29(16-14-28)39(35(41)33-32(36)30-7-2-3-8-31(30)42-33)22-24-5-4-6-27(21-24)25-17-19-37-20-18-25/h2-12,17-21,28-29H,13-16,22H2,1H3,(H,38,40). The van der Waals surface area contributed by atoms with Gasteiger partial charge < -0.3 is 10.2 Å². The number of fused-ring (bicyclic) bond motifs is 1. The average molecular weight is 594 g/mol. The number of benzene rings is 3. The van der Waals surface area contributed by atoms with Crippen LogP contribution in [0.15, 0.2) is 97.3 Å². The number of aromatic nitrogens is 1. The molecule has 2 aromatic heterocycles. The summed E-state index contributed by atoms with van der Waals surface area (Å²) in [4.78, 5) is 33.8. The van der Waals surface area contributed by atoms with E-state index in [1.165, 1.54) is 11.3 Å². The van der Waals surface area contributed by atoms with E-state index in [9.17, 15) is 9.59 Å². The van der Waals surface area contributed by atoms with Crippen LogP contribution in [0.5, 0.6) is 0 Å². The van der Waals surface area contributed by atoms with Crippen LogP contribution in [0.1, 0.15) is 56.8 Å². The molecule has 0 bridgehead atoms. The Hall–Kier alpha value is -4.00. The lowest BCUT2D eigenvalue weighted by Gasteiger charge is -2.37. The summed E-state index contributed by atoms with van der Waals surface area (Å²) in [6.07, 6.45) is 6.80. The number of thiophene rings is 1. The zero-order chi connectivity index (χ0) is 29.1. The van der Waals surface area contributed by atoms with Crippen molar-refractivity contribution in [1.29, 1.82) is 0 Å². The van der Waals surface area contributed by atoms with Gasteiger partial charge in [-0.25, -0.2) is 0 Å². The lowest BCUT2D eigenvalue weighted by molar-refractivity contribution is 0.0597. The molecule has 5 aromatic rings. The molecule has 0 spiro atoms. The van der Waals surface area contributed by atoms with Crippen molar-refractivity contribution in [2.75, 3.05) is 0 Å². The smallest absolute Gasteiger partial charge is 0.266 e. The Labute approximate surface area is 255 Å². The van der Waals surface area contributed by atoms with E-state index in [4.69, 9.17) is 11.6 Å². The van der Waals surface area contributed by atoms with Crippen LogP contribution in [-0.4, -0.2) is 33.8 Å². The monoisotopic (exact) mass is 593 g/mol. The topological polar surface area (TPSA) is 62.3 Å². The predicted molar refractivity (Wildman–Crippen MR) is 171 cm³/mol. The van der Waals surface area contributed by atoms with Crippen LogP contribution in [0.4, 0.5) is 0 Å². The molecule has 1 fully saturated rings. The Balaban J connectivity index is 1.23. The minimum atomic E-state index is -0.0450. The molecule has 212 valence electrons. The first kappa shape index (κ1) is 28.1. The number of pyridine rings is 1. The third-order valence-electron chi connectivity index (χ3n) is 8.07. The summed E-state index contributed by atoms with van der Waals surface area (Å²) in [5.41, 5.74) is 5.03. The highest BCUT2D eigenvalue weighted by Gasteiger charge is 2.32.